The Bertz CT molecular complexity index is 986. The molecule has 0 aliphatic heterocycles. The fourth-order valence-corrected chi connectivity index (χ4v) is 2.87. The summed E-state index contributed by atoms with van der Waals surface area (Å²) in [5.41, 5.74) is 3.37. The van der Waals surface area contributed by atoms with Gasteiger partial charge in [0.2, 0.25) is 0 Å². The van der Waals surface area contributed by atoms with Gasteiger partial charge in [-0.25, -0.2) is 10.2 Å². The summed E-state index contributed by atoms with van der Waals surface area (Å²) < 4.78 is 22.0. The predicted molar refractivity (Wildman–Crippen MR) is 134 cm³/mol. The highest BCUT2D eigenvalue weighted by Crippen LogP contribution is 2.28. The van der Waals surface area contributed by atoms with Crippen LogP contribution in [-0.4, -0.2) is 49.7 Å². The van der Waals surface area contributed by atoms with E-state index in [-0.39, 0.29) is 19.3 Å². The van der Waals surface area contributed by atoms with Gasteiger partial charge in [-0.1, -0.05) is 30.3 Å². The number of hydrogen-bond donors (Lipinski definition) is 2. The summed E-state index contributed by atoms with van der Waals surface area (Å²) in [5.74, 6) is 0.612. The first kappa shape index (κ1) is 27.7. The van der Waals surface area contributed by atoms with Gasteiger partial charge in [-0.05, 0) is 63.9 Å². The number of benzene rings is 2. The Balaban J connectivity index is 2.02. The third-order valence-electron chi connectivity index (χ3n) is 4.34. The lowest BCUT2D eigenvalue weighted by atomic mass is 10.2. The molecule has 0 radical (unpaired) electrons. The average Bonchev–Trinajstić information content (AvgIpc) is 2.78. The SMILES string of the molecule is COc1cc(/C=N\NC(=O)[C@H](COCc2ccccc2)NC(=O)OC(C)(C)C)ccc1OC(C)C. The number of nitrogens with one attached hydrogen (secondary N) is 2. The lowest BCUT2D eigenvalue weighted by Crippen LogP contribution is -2.49. The molecule has 35 heavy (non-hydrogen) atoms. The lowest BCUT2D eigenvalue weighted by molar-refractivity contribution is -0.124. The van der Waals surface area contributed by atoms with Crippen molar-refractivity contribution >= 4 is 18.2 Å². The molecule has 0 aromatic heterocycles. The van der Waals surface area contributed by atoms with Crippen molar-refractivity contribution in [2.45, 2.75) is 59.0 Å². The third-order valence-corrected chi connectivity index (χ3v) is 4.34. The predicted octanol–water partition coefficient (Wildman–Crippen LogP) is 4.04. The first-order valence-corrected chi connectivity index (χ1v) is 11.4. The average molecular weight is 486 g/mol. The van der Waals surface area contributed by atoms with E-state index >= 15 is 0 Å². The summed E-state index contributed by atoms with van der Waals surface area (Å²) in [7, 11) is 1.55. The van der Waals surface area contributed by atoms with Gasteiger partial charge < -0.3 is 24.3 Å². The minimum atomic E-state index is -1.01. The highest BCUT2D eigenvalue weighted by atomic mass is 16.6. The van der Waals surface area contributed by atoms with Gasteiger partial charge in [0, 0.05) is 0 Å². The molecule has 0 bridgehead atoms. The van der Waals surface area contributed by atoms with E-state index in [1.54, 1.807) is 46.1 Å². The van der Waals surface area contributed by atoms with Gasteiger partial charge in [-0.2, -0.15) is 5.10 Å². The van der Waals surface area contributed by atoms with E-state index in [0.29, 0.717) is 17.1 Å². The van der Waals surface area contributed by atoms with Gasteiger partial charge in [0.1, 0.15) is 11.6 Å². The molecule has 2 amide bonds. The fourth-order valence-electron chi connectivity index (χ4n) is 2.87. The molecule has 0 spiro atoms. The number of carbonyl (C=O) groups excluding carboxylic acids is 2. The van der Waals surface area contributed by atoms with Crippen molar-refractivity contribution in [3.05, 3.63) is 59.7 Å². The van der Waals surface area contributed by atoms with E-state index in [2.05, 4.69) is 15.8 Å². The Labute approximate surface area is 206 Å². The van der Waals surface area contributed by atoms with Crippen molar-refractivity contribution in [3.8, 4) is 11.5 Å². The molecule has 0 saturated heterocycles. The van der Waals surface area contributed by atoms with Crippen LogP contribution in [0.3, 0.4) is 0 Å². The third kappa shape index (κ3) is 10.5. The summed E-state index contributed by atoms with van der Waals surface area (Å²) >= 11 is 0. The fraction of sp³-hybridized carbons (Fsp3) is 0.423. The first-order valence-electron chi connectivity index (χ1n) is 11.4. The molecule has 2 N–H and O–H groups in total. The number of hydrogen-bond acceptors (Lipinski definition) is 7. The largest absolute Gasteiger partial charge is 0.493 e. The number of carbonyl (C=O) groups is 2. The molecular formula is C26H35N3O6. The molecule has 1 atom stereocenters. The zero-order valence-electron chi connectivity index (χ0n) is 21.2. The molecule has 9 nitrogen and oxygen atoms in total. The molecule has 190 valence electrons. The van der Waals surface area contributed by atoms with Crippen molar-refractivity contribution in [1.82, 2.24) is 10.7 Å². The molecule has 0 aliphatic rings. The number of methoxy groups -OCH3 is 1. The highest BCUT2D eigenvalue weighted by molar-refractivity contribution is 5.87. The summed E-state index contributed by atoms with van der Waals surface area (Å²) in [6.07, 6.45) is 0.742. The highest BCUT2D eigenvalue weighted by Gasteiger charge is 2.24. The number of amides is 2. The molecule has 2 rings (SSSR count). The number of rotatable bonds is 11. The van der Waals surface area contributed by atoms with Crippen LogP contribution < -0.4 is 20.2 Å². The van der Waals surface area contributed by atoms with Crippen LogP contribution in [-0.2, 0) is 20.9 Å². The molecule has 9 heteroatoms. The van der Waals surface area contributed by atoms with Crippen molar-refractivity contribution < 1.29 is 28.5 Å². The molecule has 0 unspecified atom stereocenters. The van der Waals surface area contributed by atoms with Crippen LogP contribution in [0.1, 0.15) is 45.7 Å². The minimum Gasteiger partial charge on any atom is -0.493 e. The van der Waals surface area contributed by atoms with E-state index < -0.39 is 23.6 Å². The molecule has 2 aromatic carbocycles. The van der Waals surface area contributed by atoms with Crippen molar-refractivity contribution in [3.63, 3.8) is 0 Å². The van der Waals surface area contributed by atoms with Gasteiger partial charge in [-0.3, -0.25) is 4.79 Å². The van der Waals surface area contributed by atoms with Crippen LogP contribution >= 0.6 is 0 Å². The summed E-state index contributed by atoms with van der Waals surface area (Å²) in [4.78, 5) is 25.0. The summed E-state index contributed by atoms with van der Waals surface area (Å²) in [6, 6.07) is 13.8. The van der Waals surface area contributed by atoms with E-state index in [1.807, 2.05) is 44.2 Å². The molecule has 0 saturated carbocycles. The maximum Gasteiger partial charge on any atom is 0.408 e. The Morgan fingerprint density at radius 2 is 1.77 bits per heavy atom. The normalized spacial score (nSPS) is 12.3. The first-order chi connectivity index (χ1) is 16.6. The molecular weight excluding hydrogens is 450 g/mol. The number of alkyl carbamates (subject to hydrolysis) is 1. The van der Waals surface area contributed by atoms with Gasteiger partial charge in [-0.15, -0.1) is 0 Å². The van der Waals surface area contributed by atoms with Crippen LogP contribution in [0.25, 0.3) is 0 Å². The minimum absolute atomic E-state index is 0.00113. The van der Waals surface area contributed by atoms with Gasteiger partial charge in [0.05, 0.1) is 32.6 Å². The van der Waals surface area contributed by atoms with Crippen molar-refractivity contribution in [1.29, 1.82) is 0 Å². The van der Waals surface area contributed by atoms with E-state index in [0.717, 1.165) is 5.56 Å². The van der Waals surface area contributed by atoms with Crippen molar-refractivity contribution in [2.75, 3.05) is 13.7 Å². The quantitative estimate of drug-likeness (QED) is 0.367. The number of hydrazone groups is 1. The van der Waals surface area contributed by atoms with Crippen LogP contribution in [0.4, 0.5) is 4.79 Å². The Morgan fingerprint density at radius 1 is 1.06 bits per heavy atom. The van der Waals surface area contributed by atoms with Gasteiger partial charge >= 0.3 is 6.09 Å². The second-order valence-corrected chi connectivity index (χ2v) is 9.01. The van der Waals surface area contributed by atoms with Crippen LogP contribution in [0.15, 0.2) is 53.6 Å². The van der Waals surface area contributed by atoms with Crippen LogP contribution in [0, 0.1) is 0 Å². The molecule has 0 heterocycles. The van der Waals surface area contributed by atoms with Crippen molar-refractivity contribution in [2.24, 2.45) is 5.10 Å². The van der Waals surface area contributed by atoms with Gasteiger partial charge in [0.25, 0.3) is 5.91 Å². The number of nitrogens with zero attached hydrogens (tertiary/aromatic N) is 1. The van der Waals surface area contributed by atoms with Crippen LogP contribution in [0.2, 0.25) is 0 Å². The number of ether oxygens (including phenoxy) is 4. The lowest BCUT2D eigenvalue weighted by Gasteiger charge is -2.22. The zero-order valence-corrected chi connectivity index (χ0v) is 21.2. The van der Waals surface area contributed by atoms with E-state index in [1.165, 1.54) is 6.21 Å². The second kappa shape index (κ2) is 13.3. The molecule has 2 aromatic rings. The Kier molecular flexibility index (Phi) is 10.5. The maximum absolute atomic E-state index is 12.8. The Hall–Kier alpha value is -3.59. The topological polar surface area (TPSA) is 107 Å². The summed E-state index contributed by atoms with van der Waals surface area (Å²) in [6.45, 7) is 9.29. The zero-order chi connectivity index (χ0) is 25.8. The molecule has 0 fully saturated rings. The monoisotopic (exact) mass is 485 g/mol. The maximum atomic E-state index is 12.8. The standard InChI is InChI=1S/C26H35N3O6/c1-18(2)34-22-13-12-20(14-23(22)32-6)15-27-29-24(30)21(28-25(31)35-26(3,4)5)17-33-16-19-10-8-7-9-11-19/h7-15,18,21H,16-17H2,1-6H3,(H,28,31)(H,29,30)/b27-15-/t21-/m0/s1. The van der Waals surface area contributed by atoms with Crippen LogP contribution in [0.5, 0.6) is 11.5 Å². The summed E-state index contributed by atoms with van der Waals surface area (Å²) in [5, 5.41) is 6.55. The second-order valence-electron chi connectivity index (χ2n) is 9.01. The molecule has 0 aliphatic carbocycles. The van der Waals surface area contributed by atoms with Gasteiger partial charge in [0.15, 0.2) is 11.5 Å². The smallest absolute Gasteiger partial charge is 0.408 e. The van der Waals surface area contributed by atoms with E-state index in [9.17, 15) is 9.59 Å². The van der Waals surface area contributed by atoms with E-state index in [4.69, 9.17) is 18.9 Å². The Morgan fingerprint density at radius 3 is 2.40 bits per heavy atom.